The van der Waals surface area contributed by atoms with Crippen LogP contribution in [0.1, 0.15) is 33.8 Å². The summed E-state index contributed by atoms with van der Waals surface area (Å²) >= 11 is 1.30. The van der Waals surface area contributed by atoms with Gasteiger partial charge in [0.15, 0.2) is 0 Å². The molecule has 2 aromatic heterocycles. The van der Waals surface area contributed by atoms with Crippen LogP contribution in [0.4, 0.5) is 0 Å². The van der Waals surface area contributed by atoms with Crippen molar-refractivity contribution in [3.05, 3.63) is 45.8 Å². The van der Waals surface area contributed by atoms with E-state index in [1.165, 1.54) is 17.4 Å². The standard InChI is InChI=1S/C14H14N2O4S/c1-2-10-6-15-12(20-10)7-16-14(19)9-5-11(21-8-9)3-4-13(17)18/h3-6,8H,2,7H2,1H3,(H,16,19)(H,17,18)/b4-3+. The molecule has 6 nitrogen and oxygen atoms in total. The van der Waals surface area contributed by atoms with Crippen molar-refractivity contribution in [3.8, 4) is 0 Å². The van der Waals surface area contributed by atoms with Crippen molar-refractivity contribution < 1.29 is 19.1 Å². The van der Waals surface area contributed by atoms with E-state index in [4.69, 9.17) is 9.52 Å². The average Bonchev–Trinajstić information content (AvgIpc) is 3.11. The number of nitrogens with one attached hydrogen (secondary N) is 1. The lowest BCUT2D eigenvalue weighted by Crippen LogP contribution is -2.22. The van der Waals surface area contributed by atoms with Gasteiger partial charge in [0, 0.05) is 22.8 Å². The van der Waals surface area contributed by atoms with Crippen LogP contribution in [-0.2, 0) is 17.8 Å². The third kappa shape index (κ3) is 4.28. The highest BCUT2D eigenvalue weighted by Crippen LogP contribution is 2.16. The van der Waals surface area contributed by atoms with Gasteiger partial charge in [-0.25, -0.2) is 9.78 Å². The summed E-state index contributed by atoms with van der Waals surface area (Å²) in [7, 11) is 0. The SMILES string of the molecule is CCc1cnc(CNC(=O)c2csc(/C=C/C(=O)O)c2)o1. The number of carboxylic acids is 1. The van der Waals surface area contributed by atoms with Gasteiger partial charge in [0.25, 0.3) is 5.91 Å². The summed E-state index contributed by atoms with van der Waals surface area (Å²) in [6, 6.07) is 1.63. The maximum Gasteiger partial charge on any atom is 0.328 e. The van der Waals surface area contributed by atoms with Crippen molar-refractivity contribution in [1.29, 1.82) is 0 Å². The Hall–Kier alpha value is -2.41. The number of hydrogen-bond acceptors (Lipinski definition) is 5. The molecule has 0 saturated heterocycles. The zero-order valence-electron chi connectivity index (χ0n) is 11.3. The van der Waals surface area contributed by atoms with Gasteiger partial charge in [0.05, 0.1) is 18.3 Å². The Morgan fingerprint density at radius 1 is 1.52 bits per heavy atom. The number of carbonyl (C=O) groups excluding carboxylic acids is 1. The molecule has 0 aliphatic heterocycles. The zero-order valence-corrected chi connectivity index (χ0v) is 12.1. The van der Waals surface area contributed by atoms with E-state index in [-0.39, 0.29) is 12.5 Å². The molecular formula is C14H14N2O4S. The molecule has 0 radical (unpaired) electrons. The molecular weight excluding hydrogens is 292 g/mol. The minimum absolute atomic E-state index is 0.217. The number of carboxylic acid groups (broad SMARTS) is 1. The van der Waals surface area contributed by atoms with Gasteiger partial charge in [-0.1, -0.05) is 6.92 Å². The second-order valence-corrected chi connectivity index (χ2v) is 5.11. The number of rotatable bonds is 6. The van der Waals surface area contributed by atoms with E-state index in [0.29, 0.717) is 16.3 Å². The average molecular weight is 306 g/mol. The highest BCUT2D eigenvalue weighted by atomic mass is 32.1. The normalized spacial score (nSPS) is 10.9. The maximum absolute atomic E-state index is 11.9. The van der Waals surface area contributed by atoms with Crippen LogP contribution >= 0.6 is 11.3 Å². The number of hydrogen-bond donors (Lipinski definition) is 2. The largest absolute Gasteiger partial charge is 0.478 e. The Balaban J connectivity index is 1.92. The molecule has 0 spiro atoms. The Morgan fingerprint density at radius 3 is 3.00 bits per heavy atom. The van der Waals surface area contributed by atoms with Crippen LogP contribution in [0.15, 0.2) is 28.1 Å². The van der Waals surface area contributed by atoms with E-state index in [2.05, 4.69) is 10.3 Å². The van der Waals surface area contributed by atoms with Crippen LogP contribution in [0.25, 0.3) is 6.08 Å². The van der Waals surface area contributed by atoms with Gasteiger partial charge in [-0.05, 0) is 12.1 Å². The number of aryl methyl sites for hydroxylation is 1. The molecule has 2 aromatic rings. The zero-order chi connectivity index (χ0) is 15.2. The minimum Gasteiger partial charge on any atom is -0.478 e. The van der Waals surface area contributed by atoms with Gasteiger partial charge in [0.2, 0.25) is 5.89 Å². The maximum atomic E-state index is 11.9. The lowest BCUT2D eigenvalue weighted by atomic mass is 10.3. The van der Waals surface area contributed by atoms with Gasteiger partial charge in [-0.15, -0.1) is 11.3 Å². The fourth-order valence-electron chi connectivity index (χ4n) is 1.56. The van der Waals surface area contributed by atoms with Crippen LogP contribution in [0.5, 0.6) is 0 Å². The Morgan fingerprint density at radius 2 is 2.33 bits per heavy atom. The highest BCUT2D eigenvalue weighted by molar-refractivity contribution is 7.11. The van der Waals surface area contributed by atoms with Crippen LogP contribution in [0.3, 0.4) is 0 Å². The summed E-state index contributed by atoms with van der Waals surface area (Å²) in [5, 5.41) is 12.9. The first kappa shape index (κ1) is 15.0. The molecule has 2 rings (SSSR count). The molecule has 2 heterocycles. The van der Waals surface area contributed by atoms with Crippen LogP contribution in [-0.4, -0.2) is 22.0 Å². The molecule has 0 unspecified atom stereocenters. The van der Waals surface area contributed by atoms with Gasteiger partial charge in [0.1, 0.15) is 5.76 Å². The van der Waals surface area contributed by atoms with Crippen molar-refractivity contribution >= 4 is 29.3 Å². The summed E-state index contributed by atoms with van der Waals surface area (Å²) in [5.74, 6) is -0.0419. The number of thiophene rings is 1. The number of aromatic nitrogens is 1. The topological polar surface area (TPSA) is 92.4 Å². The summed E-state index contributed by atoms with van der Waals surface area (Å²) in [4.78, 5) is 27.1. The van der Waals surface area contributed by atoms with Gasteiger partial charge < -0.3 is 14.8 Å². The minimum atomic E-state index is -1.02. The van der Waals surface area contributed by atoms with Crippen LogP contribution < -0.4 is 5.32 Å². The molecule has 0 aliphatic carbocycles. The van der Waals surface area contributed by atoms with Crippen molar-refractivity contribution in [2.45, 2.75) is 19.9 Å². The van der Waals surface area contributed by atoms with Gasteiger partial charge in [-0.2, -0.15) is 0 Å². The number of amides is 1. The molecule has 0 bridgehead atoms. The number of carbonyl (C=O) groups is 2. The first-order chi connectivity index (χ1) is 10.1. The van der Waals surface area contributed by atoms with Crippen LogP contribution in [0.2, 0.25) is 0 Å². The predicted molar refractivity (Wildman–Crippen MR) is 78.0 cm³/mol. The predicted octanol–water partition coefficient (Wildman–Crippen LogP) is 2.33. The van der Waals surface area contributed by atoms with Crippen molar-refractivity contribution in [2.75, 3.05) is 0 Å². The lowest BCUT2D eigenvalue weighted by Gasteiger charge is -1.99. The molecule has 7 heteroatoms. The quantitative estimate of drug-likeness (QED) is 0.799. The summed E-state index contributed by atoms with van der Waals surface area (Å²) < 4.78 is 5.39. The molecule has 0 aliphatic rings. The Labute approximate surface area is 125 Å². The van der Waals surface area contributed by atoms with Crippen molar-refractivity contribution in [2.24, 2.45) is 0 Å². The van der Waals surface area contributed by atoms with Crippen molar-refractivity contribution in [3.63, 3.8) is 0 Å². The van der Waals surface area contributed by atoms with E-state index < -0.39 is 5.97 Å². The van der Waals surface area contributed by atoms with E-state index in [1.54, 1.807) is 17.6 Å². The fourth-order valence-corrected chi connectivity index (χ4v) is 2.34. The third-order valence-electron chi connectivity index (χ3n) is 2.62. The highest BCUT2D eigenvalue weighted by Gasteiger charge is 2.09. The molecule has 2 N–H and O–H groups in total. The van der Waals surface area contributed by atoms with Crippen molar-refractivity contribution in [1.82, 2.24) is 10.3 Å². The third-order valence-corrected chi connectivity index (χ3v) is 3.52. The molecule has 0 fully saturated rings. The number of oxazole rings is 1. The fraction of sp³-hybridized carbons (Fsp3) is 0.214. The first-order valence-electron chi connectivity index (χ1n) is 6.29. The van der Waals surface area contributed by atoms with E-state index in [1.807, 2.05) is 6.92 Å². The molecule has 1 amide bonds. The first-order valence-corrected chi connectivity index (χ1v) is 7.17. The van der Waals surface area contributed by atoms with E-state index in [0.717, 1.165) is 18.3 Å². The second-order valence-electron chi connectivity index (χ2n) is 4.17. The van der Waals surface area contributed by atoms with Gasteiger partial charge in [-0.3, -0.25) is 4.79 Å². The lowest BCUT2D eigenvalue weighted by molar-refractivity contribution is -0.131. The van der Waals surface area contributed by atoms with E-state index >= 15 is 0 Å². The Bertz CT molecular complexity index is 672. The van der Waals surface area contributed by atoms with Gasteiger partial charge >= 0.3 is 5.97 Å². The monoisotopic (exact) mass is 306 g/mol. The summed E-state index contributed by atoms with van der Waals surface area (Å²) in [6.45, 7) is 2.18. The Kier molecular flexibility index (Phi) is 4.89. The molecule has 0 atom stereocenters. The molecule has 110 valence electrons. The molecule has 0 saturated carbocycles. The number of aliphatic carboxylic acids is 1. The number of nitrogens with zero attached hydrogens (tertiary/aromatic N) is 1. The molecule has 0 aromatic carbocycles. The van der Waals surface area contributed by atoms with E-state index in [9.17, 15) is 9.59 Å². The van der Waals surface area contributed by atoms with Crippen LogP contribution in [0, 0.1) is 0 Å². The smallest absolute Gasteiger partial charge is 0.328 e. The molecule has 21 heavy (non-hydrogen) atoms. The second kappa shape index (κ2) is 6.85. The summed E-state index contributed by atoms with van der Waals surface area (Å²) in [5.41, 5.74) is 0.479. The summed E-state index contributed by atoms with van der Waals surface area (Å²) in [6.07, 6.45) is 4.88.